The van der Waals surface area contributed by atoms with Gasteiger partial charge in [0.2, 0.25) is 0 Å². The molecule has 4 heteroatoms. The lowest BCUT2D eigenvalue weighted by Gasteiger charge is -2.10. The minimum absolute atomic E-state index is 1.22. The van der Waals surface area contributed by atoms with Crippen LogP contribution in [0, 0.1) is 0 Å². The van der Waals surface area contributed by atoms with E-state index in [2.05, 4.69) is 62.4 Å². The molecule has 0 heterocycles. The zero-order valence-corrected chi connectivity index (χ0v) is 26.2. The summed E-state index contributed by atoms with van der Waals surface area (Å²) >= 11 is 0. The molecular weight excluding hydrogens is 513 g/mol. The van der Waals surface area contributed by atoms with Gasteiger partial charge in [0.05, 0.1) is 0 Å². The molecule has 0 saturated carbocycles. The predicted molar refractivity (Wildman–Crippen MR) is 172 cm³/mol. The molecule has 0 aromatic heterocycles. The molecule has 0 fully saturated rings. The summed E-state index contributed by atoms with van der Waals surface area (Å²) in [5.41, 5.74) is 3.06. The van der Waals surface area contributed by atoms with E-state index in [9.17, 15) is 0 Å². The van der Waals surface area contributed by atoms with Gasteiger partial charge in [0, 0.05) is 9.79 Å². The van der Waals surface area contributed by atoms with E-state index in [-0.39, 0.29) is 0 Å². The Labute approximate surface area is 238 Å². The highest BCUT2D eigenvalue weighted by Gasteiger charge is 2.07. The quantitative estimate of drug-likeness (QED) is 0.0975. The van der Waals surface area contributed by atoms with Crippen molar-refractivity contribution in [2.75, 3.05) is 0 Å². The average molecular weight is 563 g/mol. The molecule has 202 valence electrons. The van der Waals surface area contributed by atoms with Gasteiger partial charge in [-0.25, -0.2) is 0 Å². The van der Waals surface area contributed by atoms with Crippen LogP contribution in [0.1, 0.15) is 128 Å². The highest BCUT2D eigenvalue weighted by Crippen LogP contribution is 2.50. The van der Waals surface area contributed by atoms with Gasteiger partial charge < -0.3 is 0 Å². The van der Waals surface area contributed by atoms with Crippen molar-refractivity contribution in [1.82, 2.24) is 0 Å². The van der Waals surface area contributed by atoms with Gasteiger partial charge in [-0.1, -0.05) is 140 Å². The highest BCUT2D eigenvalue weighted by molar-refractivity contribution is 9.26. The Morgan fingerprint density at radius 2 is 0.750 bits per heavy atom. The van der Waals surface area contributed by atoms with Crippen LogP contribution in [0.3, 0.4) is 0 Å². The monoisotopic (exact) mass is 562 g/mol. The smallest absolute Gasteiger partial charge is 0.0223 e. The molecule has 0 nitrogen and oxygen atoms in total. The molecule has 0 aliphatic rings. The third-order valence-corrected chi connectivity index (χ3v) is 13.0. The predicted octanol–water partition coefficient (Wildman–Crippen LogP) is 13.1. The number of unbranched alkanes of at least 4 members (excludes halogenated alkanes) is 14. The van der Waals surface area contributed by atoms with Gasteiger partial charge in [0.15, 0.2) is 0 Å². The SMILES string of the molecule is CCCCCCCCCCc1ccccc1SSSSc1ccccc1CCCCCCCCCC. The van der Waals surface area contributed by atoms with Gasteiger partial charge in [-0.15, -0.1) is 0 Å². The zero-order chi connectivity index (χ0) is 25.5. The Balaban J connectivity index is 1.63. The van der Waals surface area contributed by atoms with Crippen molar-refractivity contribution in [3.8, 4) is 0 Å². The lowest BCUT2D eigenvalue weighted by Crippen LogP contribution is -1.89. The van der Waals surface area contributed by atoms with Crippen LogP contribution in [0.2, 0.25) is 0 Å². The summed E-state index contributed by atoms with van der Waals surface area (Å²) < 4.78 is 0. The van der Waals surface area contributed by atoms with Gasteiger partial charge in [0.1, 0.15) is 0 Å². The van der Waals surface area contributed by atoms with E-state index in [0.717, 1.165) is 0 Å². The van der Waals surface area contributed by atoms with E-state index in [1.165, 1.54) is 136 Å². The zero-order valence-electron chi connectivity index (χ0n) is 23.0. The van der Waals surface area contributed by atoms with E-state index in [1.54, 1.807) is 0 Å². The second-order valence-corrected chi connectivity index (χ2v) is 15.7. The van der Waals surface area contributed by atoms with E-state index < -0.39 is 0 Å². The fraction of sp³-hybridized carbons (Fsp3) is 0.625. The molecule has 2 rings (SSSR count). The molecule has 0 aliphatic carbocycles. The first-order chi connectivity index (χ1) is 17.8. The Bertz CT molecular complexity index is 711. The van der Waals surface area contributed by atoms with E-state index in [0.29, 0.717) is 0 Å². The second kappa shape index (κ2) is 22.8. The standard InChI is InChI=1S/C32H50S4/c1-3-5-7-9-11-13-15-17-23-29-25-19-21-27-31(29)33-35-36-34-32-28-22-20-26-30(32)24-18-16-14-12-10-8-6-4-2/h19-22,25-28H,3-18,23-24H2,1-2H3. The first-order valence-corrected chi connectivity index (χ1v) is 19.5. The van der Waals surface area contributed by atoms with Crippen molar-refractivity contribution in [2.24, 2.45) is 0 Å². The first kappa shape index (κ1) is 32.1. The molecule has 0 amide bonds. The Morgan fingerprint density at radius 1 is 0.417 bits per heavy atom. The second-order valence-electron chi connectivity index (χ2n) is 9.97. The number of rotatable bonds is 23. The van der Waals surface area contributed by atoms with Crippen LogP contribution in [-0.4, -0.2) is 0 Å². The average Bonchev–Trinajstić information content (AvgIpc) is 2.91. The summed E-state index contributed by atoms with van der Waals surface area (Å²) in [6.45, 7) is 4.59. The summed E-state index contributed by atoms with van der Waals surface area (Å²) in [5, 5.41) is 0. The number of hydrogen-bond donors (Lipinski definition) is 0. The lowest BCUT2D eigenvalue weighted by molar-refractivity contribution is 0.574. The van der Waals surface area contributed by atoms with Crippen LogP contribution in [0.25, 0.3) is 0 Å². The summed E-state index contributed by atoms with van der Waals surface area (Å²) in [6, 6.07) is 18.1. The van der Waals surface area contributed by atoms with Crippen LogP contribution in [0.15, 0.2) is 58.3 Å². The number of aryl methyl sites for hydroxylation is 2. The lowest BCUT2D eigenvalue weighted by atomic mass is 10.0. The first-order valence-electron chi connectivity index (χ1n) is 14.7. The van der Waals surface area contributed by atoms with Crippen LogP contribution in [0.4, 0.5) is 0 Å². The van der Waals surface area contributed by atoms with Crippen LogP contribution in [0.5, 0.6) is 0 Å². The summed E-state index contributed by atoms with van der Waals surface area (Å²) in [4.78, 5) is 2.90. The fourth-order valence-electron chi connectivity index (χ4n) is 4.58. The van der Waals surface area contributed by atoms with Gasteiger partial charge >= 0.3 is 0 Å². The molecule has 2 aromatic rings. The van der Waals surface area contributed by atoms with Gasteiger partial charge in [0.25, 0.3) is 0 Å². The van der Waals surface area contributed by atoms with Crippen LogP contribution < -0.4 is 0 Å². The Kier molecular flexibility index (Phi) is 20.3. The molecule has 0 N–H and O–H groups in total. The number of benzene rings is 2. The van der Waals surface area contributed by atoms with Crippen molar-refractivity contribution in [2.45, 2.75) is 139 Å². The molecule has 0 spiro atoms. The van der Waals surface area contributed by atoms with E-state index in [1.807, 2.05) is 41.2 Å². The van der Waals surface area contributed by atoms with Gasteiger partial charge in [-0.05, 0) is 90.2 Å². The summed E-state index contributed by atoms with van der Waals surface area (Å²) in [7, 11) is 7.71. The molecule has 0 bridgehead atoms. The normalized spacial score (nSPS) is 11.3. The van der Waals surface area contributed by atoms with Crippen molar-refractivity contribution in [3.63, 3.8) is 0 Å². The molecule has 0 aliphatic heterocycles. The van der Waals surface area contributed by atoms with Crippen molar-refractivity contribution in [1.29, 1.82) is 0 Å². The minimum Gasteiger partial charge on any atom is -0.0654 e. The third kappa shape index (κ3) is 15.3. The largest absolute Gasteiger partial charge is 0.0654 e. The van der Waals surface area contributed by atoms with Crippen molar-refractivity contribution in [3.05, 3.63) is 59.7 Å². The number of hydrogen-bond acceptors (Lipinski definition) is 4. The third-order valence-electron chi connectivity index (χ3n) is 6.82. The molecule has 0 atom stereocenters. The summed E-state index contributed by atoms with van der Waals surface area (Å²) in [5.74, 6) is 0. The Hall–Kier alpha value is -0.160. The van der Waals surface area contributed by atoms with Crippen molar-refractivity contribution < 1.29 is 0 Å². The molecule has 36 heavy (non-hydrogen) atoms. The van der Waals surface area contributed by atoms with E-state index in [4.69, 9.17) is 0 Å². The van der Waals surface area contributed by atoms with Crippen LogP contribution >= 0.6 is 41.2 Å². The van der Waals surface area contributed by atoms with Gasteiger partial charge in [-0.2, -0.15) is 0 Å². The molecular formula is C32H50S4. The summed E-state index contributed by atoms with van der Waals surface area (Å²) in [6.07, 6.45) is 24.7. The maximum absolute atomic E-state index is 2.33. The molecule has 0 radical (unpaired) electrons. The maximum Gasteiger partial charge on any atom is 0.0223 e. The highest BCUT2D eigenvalue weighted by atomic mass is 33.7. The maximum atomic E-state index is 2.33. The topological polar surface area (TPSA) is 0 Å². The van der Waals surface area contributed by atoms with E-state index >= 15 is 0 Å². The van der Waals surface area contributed by atoms with Crippen LogP contribution in [-0.2, 0) is 12.8 Å². The van der Waals surface area contributed by atoms with Crippen molar-refractivity contribution >= 4 is 41.2 Å². The Morgan fingerprint density at radius 3 is 1.14 bits per heavy atom. The van der Waals surface area contributed by atoms with Gasteiger partial charge in [-0.3, -0.25) is 0 Å². The molecule has 2 aromatic carbocycles. The fourth-order valence-corrected chi connectivity index (χ4v) is 10.5. The molecule has 0 saturated heterocycles. The minimum atomic E-state index is 1.22. The molecule has 0 unspecified atom stereocenters.